The van der Waals surface area contributed by atoms with Gasteiger partial charge in [-0.1, -0.05) is 0 Å². The maximum atomic E-state index is 15.3. The van der Waals surface area contributed by atoms with E-state index in [-0.39, 0.29) is 18.0 Å². The Morgan fingerprint density at radius 2 is 1.92 bits per heavy atom. The van der Waals surface area contributed by atoms with Gasteiger partial charge in [-0.15, -0.1) is 0 Å². The van der Waals surface area contributed by atoms with Gasteiger partial charge >= 0.3 is 0 Å². The van der Waals surface area contributed by atoms with Gasteiger partial charge in [-0.3, -0.25) is 9.59 Å². The molecule has 0 saturated carbocycles. The van der Waals surface area contributed by atoms with E-state index in [1.807, 2.05) is 35.2 Å². The summed E-state index contributed by atoms with van der Waals surface area (Å²) >= 11 is 0. The van der Waals surface area contributed by atoms with Crippen molar-refractivity contribution in [2.75, 3.05) is 40.1 Å². The number of nitrogens with two attached hydrogens (primary N) is 1. The summed E-state index contributed by atoms with van der Waals surface area (Å²) in [4.78, 5) is 36.5. The normalized spacial score (nSPS) is 19.3. The number of amides is 2. The van der Waals surface area contributed by atoms with E-state index in [0.717, 1.165) is 30.8 Å². The van der Waals surface area contributed by atoms with Gasteiger partial charge in [0.1, 0.15) is 23.9 Å². The third-order valence-corrected chi connectivity index (χ3v) is 7.03. The Morgan fingerprint density at radius 3 is 2.59 bits per heavy atom. The third kappa shape index (κ3) is 5.90. The van der Waals surface area contributed by atoms with Gasteiger partial charge in [0.2, 0.25) is 5.91 Å². The first kappa shape index (κ1) is 25.9. The molecule has 0 aliphatic carbocycles. The summed E-state index contributed by atoms with van der Waals surface area (Å²) in [6.07, 6.45) is 4.54. The number of anilines is 5. The standard InChI is InChI=1S/C28H29FN8O2/c29-22-17-36(26-9-4-18(14-30)15-33-26)12-10-23(22)35-24-13-25(32-16-21(24)28(31)39)34-19-5-7-20(8-6-19)37-11-2-1-3-27(37)38/h4-9,13,15-16,22-23H,1-3,10-12,17H2,(H2,31,39)(H2,32,34,35)/t22-,23+/m0/s1. The highest BCUT2D eigenvalue weighted by Crippen LogP contribution is 2.28. The van der Waals surface area contributed by atoms with Gasteiger partial charge in [0, 0.05) is 49.3 Å². The minimum atomic E-state index is -1.24. The molecule has 5 rings (SSSR count). The van der Waals surface area contributed by atoms with Crippen molar-refractivity contribution < 1.29 is 14.0 Å². The van der Waals surface area contributed by atoms with E-state index in [9.17, 15) is 9.59 Å². The molecule has 2 amide bonds. The van der Waals surface area contributed by atoms with Crippen LogP contribution >= 0.6 is 0 Å². The van der Waals surface area contributed by atoms with Gasteiger partial charge in [-0.05, 0) is 55.7 Å². The number of hydrogen-bond donors (Lipinski definition) is 3. The van der Waals surface area contributed by atoms with Gasteiger partial charge in [0.25, 0.3) is 5.91 Å². The molecule has 2 saturated heterocycles. The second-order valence-electron chi connectivity index (χ2n) is 9.67. The molecule has 2 aromatic heterocycles. The summed E-state index contributed by atoms with van der Waals surface area (Å²) in [5.41, 5.74) is 8.18. The van der Waals surface area contributed by atoms with Gasteiger partial charge in [0.05, 0.1) is 29.4 Å². The van der Waals surface area contributed by atoms with Crippen molar-refractivity contribution in [1.29, 1.82) is 5.26 Å². The molecule has 2 atom stereocenters. The monoisotopic (exact) mass is 528 g/mol. The fourth-order valence-corrected chi connectivity index (χ4v) is 4.91. The summed E-state index contributed by atoms with van der Waals surface area (Å²) in [5.74, 6) is 0.534. The molecule has 3 aromatic rings. The van der Waals surface area contributed by atoms with Crippen LogP contribution in [0.1, 0.15) is 41.6 Å². The van der Waals surface area contributed by atoms with Crippen molar-refractivity contribution in [2.24, 2.45) is 5.73 Å². The Labute approximate surface area is 225 Å². The lowest BCUT2D eigenvalue weighted by Crippen LogP contribution is -2.48. The Bertz CT molecular complexity index is 1390. The number of hydrogen-bond acceptors (Lipinski definition) is 8. The summed E-state index contributed by atoms with van der Waals surface area (Å²) in [7, 11) is 0. The molecule has 39 heavy (non-hydrogen) atoms. The Hall–Kier alpha value is -4.72. The van der Waals surface area contributed by atoms with E-state index in [1.165, 1.54) is 12.4 Å². The molecule has 4 N–H and O–H groups in total. The van der Waals surface area contributed by atoms with Crippen LogP contribution in [0.4, 0.5) is 33.1 Å². The highest BCUT2D eigenvalue weighted by Gasteiger charge is 2.31. The number of carbonyl (C=O) groups is 2. The maximum Gasteiger partial charge on any atom is 0.252 e. The van der Waals surface area contributed by atoms with E-state index >= 15 is 4.39 Å². The van der Waals surface area contributed by atoms with Crippen LogP contribution in [0.15, 0.2) is 54.9 Å². The number of nitriles is 1. The first-order chi connectivity index (χ1) is 18.9. The van der Waals surface area contributed by atoms with Crippen LogP contribution in [-0.4, -0.2) is 53.6 Å². The second-order valence-corrected chi connectivity index (χ2v) is 9.67. The van der Waals surface area contributed by atoms with Crippen LogP contribution < -0.4 is 26.2 Å². The molecule has 200 valence electrons. The largest absolute Gasteiger partial charge is 0.378 e. The number of primary amides is 1. The lowest BCUT2D eigenvalue weighted by Gasteiger charge is -2.36. The number of benzene rings is 1. The fraction of sp³-hybridized carbons (Fsp3) is 0.321. The van der Waals surface area contributed by atoms with Gasteiger partial charge in [-0.25, -0.2) is 14.4 Å². The first-order valence-electron chi connectivity index (χ1n) is 12.9. The number of carbonyl (C=O) groups excluding carboxylic acids is 2. The lowest BCUT2D eigenvalue weighted by molar-refractivity contribution is -0.119. The van der Waals surface area contributed by atoms with Gasteiger partial charge < -0.3 is 26.2 Å². The summed E-state index contributed by atoms with van der Waals surface area (Å²) in [5, 5.41) is 15.3. The van der Waals surface area contributed by atoms with E-state index < -0.39 is 18.1 Å². The molecule has 0 radical (unpaired) electrons. The fourth-order valence-electron chi connectivity index (χ4n) is 4.91. The molecular weight excluding hydrogens is 499 g/mol. The molecule has 10 nitrogen and oxygen atoms in total. The number of aromatic nitrogens is 2. The van der Waals surface area contributed by atoms with Crippen molar-refractivity contribution in [2.45, 2.75) is 37.9 Å². The smallest absolute Gasteiger partial charge is 0.252 e. The number of piperidine rings is 2. The molecule has 11 heteroatoms. The molecule has 0 bridgehead atoms. The highest BCUT2D eigenvalue weighted by molar-refractivity contribution is 5.98. The first-order valence-corrected chi connectivity index (χ1v) is 12.9. The topological polar surface area (TPSA) is 140 Å². The molecule has 2 fully saturated rings. The zero-order valence-electron chi connectivity index (χ0n) is 21.3. The molecule has 1 aromatic carbocycles. The Balaban J connectivity index is 1.27. The minimum absolute atomic E-state index is 0.116. The second kappa shape index (κ2) is 11.3. The lowest BCUT2D eigenvalue weighted by atomic mass is 10.0. The minimum Gasteiger partial charge on any atom is -0.378 e. The summed E-state index contributed by atoms with van der Waals surface area (Å²) in [6, 6.07) is 14.0. The SMILES string of the molecule is N#Cc1ccc(N2CC[C@@H](Nc3cc(Nc4ccc(N5CCCCC5=O)cc4)ncc3C(N)=O)[C@@H](F)C2)nc1. The van der Waals surface area contributed by atoms with Crippen LogP contribution in [0, 0.1) is 11.3 Å². The van der Waals surface area contributed by atoms with Crippen LogP contribution in [0.25, 0.3) is 0 Å². The van der Waals surface area contributed by atoms with Crippen LogP contribution in [0.2, 0.25) is 0 Å². The van der Waals surface area contributed by atoms with Crippen LogP contribution in [0.3, 0.4) is 0 Å². The number of pyridine rings is 2. The molecule has 0 unspecified atom stereocenters. The molecular formula is C28H29FN8O2. The number of nitrogens with zero attached hydrogens (tertiary/aromatic N) is 5. The summed E-state index contributed by atoms with van der Waals surface area (Å²) < 4.78 is 15.3. The highest BCUT2D eigenvalue weighted by atomic mass is 19.1. The molecule has 4 heterocycles. The van der Waals surface area contributed by atoms with Crippen molar-refractivity contribution in [1.82, 2.24) is 9.97 Å². The molecule has 2 aliphatic rings. The average Bonchev–Trinajstić information content (AvgIpc) is 2.95. The third-order valence-electron chi connectivity index (χ3n) is 7.03. The zero-order valence-corrected chi connectivity index (χ0v) is 21.3. The molecule has 0 spiro atoms. The predicted octanol–water partition coefficient (Wildman–Crippen LogP) is 3.74. The quantitative estimate of drug-likeness (QED) is 0.421. The van der Waals surface area contributed by atoms with Crippen molar-refractivity contribution >= 4 is 40.5 Å². The van der Waals surface area contributed by atoms with Gasteiger partial charge in [0.15, 0.2) is 0 Å². The van der Waals surface area contributed by atoms with Crippen molar-refractivity contribution in [3.05, 3.63) is 66.0 Å². The van der Waals surface area contributed by atoms with Crippen LogP contribution in [-0.2, 0) is 4.79 Å². The number of alkyl halides is 1. The zero-order chi connectivity index (χ0) is 27.4. The number of rotatable bonds is 7. The summed E-state index contributed by atoms with van der Waals surface area (Å²) in [6.45, 7) is 1.38. The Kier molecular flexibility index (Phi) is 7.54. The molecule has 2 aliphatic heterocycles. The van der Waals surface area contributed by atoms with Gasteiger partial charge in [-0.2, -0.15) is 5.26 Å². The van der Waals surface area contributed by atoms with E-state index in [1.54, 1.807) is 23.1 Å². The van der Waals surface area contributed by atoms with E-state index in [2.05, 4.69) is 20.6 Å². The van der Waals surface area contributed by atoms with E-state index in [0.29, 0.717) is 42.3 Å². The number of nitrogens with one attached hydrogen (secondary N) is 2. The predicted molar refractivity (Wildman–Crippen MR) is 147 cm³/mol. The van der Waals surface area contributed by atoms with E-state index in [4.69, 9.17) is 11.0 Å². The van der Waals surface area contributed by atoms with Crippen LogP contribution in [0.5, 0.6) is 0 Å². The van der Waals surface area contributed by atoms with Crippen molar-refractivity contribution in [3.8, 4) is 6.07 Å². The number of halogens is 1. The Morgan fingerprint density at radius 1 is 1.10 bits per heavy atom. The van der Waals surface area contributed by atoms with Crippen molar-refractivity contribution in [3.63, 3.8) is 0 Å². The average molecular weight is 529 g/mol. The maximum absolute atomic E-state index is 15.3.